The second-order valence-electron chi connectivity index (χ2n) is 3.92. The summed E-state index contributed by atoms with van der Waals surface area (Å²) < 4.78 is 0.796. The van der Waals surface area contributed by atoms with Gasteiger partial charge in [-0.1, -0.05) is 41.9 Å². The van der Waals surface area contributed by atoms with Crippen LogP contribution in [0.1, 0.15) is 5.56 Å². The first-order chi connectivity index (χ1) is 9.15. The van der Waals surface area contributed by atoms with Crippen molar-refractivity contribution in [3.8, 4) is 0 Å². The summed E-state index contributed by atoms with van der Waals surface area (Å²) in [6.07, 6.45) is 0. The van der Waals surface area contributed by atoms with Gasteiger partial charge in [0.1, 0.15) is 0 Å². The van der Waals surface area contributed by atoms with Crippen LogP contribution in [0.25, 0.3) is 0 Å². The number of hydrogen-bond acceptors (Lipinski definition) is 1. The molecule has 0 aliphatic heterocycles. The summed E-state index contributed by atoms with van der Waals surface area (Å²) in [5.41, 5.74) is 1.70. The molecule has 0 heterocycles. The maximum absolute atomic E-state index is 11.7. The van der Waals surface area contributed by atoms with E-state index in [-0.39, 0.29) is 6.03 Å². The molecule has 19 heavy (non-hydrogen) atoms. The number of benzene rings is 2. The molecule has 0 bridgehead atoms. The zero-order valence-corrected chi connectivity index (χ0v) is 12.3. The summed E-state index contributed by atoms with van der Waals surface area (Å²) in [4.78, 5) is 11.7. The first-order valence-corrected chi connectivity index (χ1v) is 6.86. The number of carbonyl (C=O) groups excluding carboxylic acids is 1. The van der Waals surface area contributed by atoms with Crippen molar-refractivity contribution in [2.75, 3.05) is 5.32 Å². The summed E-state index contributed by atoms with van der Waals surface area (Å²) in [6, 6.07) is 14.7. The molecule has 0 aromatic heterocycles. The highest BCUT2D eigenvalue weighted by molar-refractivity contribution is 9.10. The van der Waals surface area contributed by atoms with Crippen LogP contribution in [0, 0.1) is 0 Å². The molecular weight excluding hydrogens is 328 g/mol. The monoisotopic (exact) mass is 338 g/mol. The fraction of sp³-hybridized carbons (Fsp3) is 0.0714. The molecule has 2 N–H and O–H groups in total. The quantitative estimate of drug-likeness (QED) is 0.853. The summed E-state index contributed by atoms with van der Waals surface area (Å²) in [5, 5.41) is 6.06. The van der Waals surface area contributed by atoms with Crippen LogP contribution in [0.15, 0.2) is 53.0 Å². The van der Waals surface area contributed by atoms with Gasteiger partial charge in [0.2, 0.25) is 0 Å². The van der Waals surface area contributed by atoms with E-state index in [1.54, 1.807) is 18.2 Å². The maximum Gasteiger partial charge on any atom is 0.319 e. The van der Waals surface area contributed by atoms with Crippen LogP contribution in [0.3, 0.4) is 0 Å². The molecule has 0 aliphatic rings. The minimum Gasteiger partial charge on any atom is -0.334 e. The smallest absolute Gasteiger partial charge is 0.319 e. The van der Waals surface area contributed by atoms with Crippen molar-refractivity contribution in [3.63, 3.8) is 0 Å². The summed E-state index contributed by atoms with van der Waals surface area (Å²) >= 11 is 9.25. The molecule has 0 radical (unpaired) electrons. The van der Waals surface area contributed by atoms with Gasteiger partial charge < -0.3 is 10.6 Å². The van der Waals surface area contributed by atoms with Gasteiger partial charge in [0.25, 0.3) is 0 Å². The Balaban J connectivity index is 1.89. The first kappa shape index (κ1) is 13.9. The zero-order valence-electron chi connectivity index (χ0n) is 9.99. The van der Waals surface area contributed by atoms with Crippen molar-refractivity contribution in [1.29, 1.82) is 0 Å². The van der Waals surface area contributed by atoms with E-state index in [0.717, 1.165) is 10.0 Å². The fourth-order valence-corrected chi connectivity index (χ4v) is 1.95. The highest BCUT2D eigenvalue weighted by Gasteiger charge is 2.03. The lowest BCUT2D eigenvalue weighted by molar-refractivity contribution is 0.251. The number of nitrogens with one attached hydrogen (secondary N) is 2. The number of halogens is 2. The van der Waals surface area contributed by atoms with Gasteiger partial charge in [0.15, 0.2) is 0 Å². The van der Waals surface area contributed by atoms with Crippen LogP contribution in [0.2, 0.25) is 5.02 Å². The summed E-state index contributed by atoms with van der Waals surface area (Å²) in [5.74, 6) is 0. The van der Waals surface area contributed by atoms with Gasteiger partial charge >= 0.3 is 6.03 Å². The molecule has 3 nitrogen and oxygen atoms in total. The highest BCUT2D eigenvalue weighted by Crippen LogP contribution is 2.25. The Morgan fingerprint density at radius 1 is 1.16 bits per heavy atom. The van der Waals surface area contributed by atoms with Gasteiger partial charge in [-0.25, -0.2) is 4.79 Å². The van der Waals surface area contributed by atoms with Crippen molar-refractivity contribution in [2.45, 2.75) is 6.54 Å². The molecule has 0 fully saturated rings. The second kappa shape index (κ2) is 6.59. The van der Waals surface area contributed by atoms with Crippen molar-refractivity contribution >= 4 is 39.2 Å². The number of rotatable bonds is 3. The topological polar surface area (TPSA) is 41.1 Å². The molecule has 0 atom stereocenters. The van der Waals surface area contributed by atoms with Gasteiger partial charge in [-0.3, -0.25) is 0 Å². The molecular formula is C14H12BrClN2O. The Bertz CT molecular complexity index is 575. The second-order valence-corrected chi connectivity index (χ2v) is 5.18. The van der Waals surface area contributed by atoms with Crippen LogP contribution in [0.5, 0.6) is 0 Å². The molecule has 0 spiro atoms. The van der Waals surface area contributed by atoms with Crippen molar-refractivity contribution in [3.05, 3.63) is 63.6 Å². The molecule has 2 aromatic carbocycles. The van der Waals surface area contributed by atoms with E-state index in [1.807, 2.05) is 30.3 Å². The van der Waals surface area contributed by atoms with Crippen LogP contribution < -0.4 is 10.6 Å². The Morgan fingerprint density at radius 3 is 2.58 bits per heavy atom. The lowest BCUT2D eigenvalue weighted by Crippen LogP contribution is -2.28. The predicted octanol–water partition coefficient (Wildman–Crippen LogP) is 4.42. The Hall–Kier alpha value is -1.52. The highest BCUT2D eigenvalue weighted by atomic mass is 79.9. The number of amides is 2. The lowest BCUT2D eigenvalue weighted by atomic mass is 10.2. The minimum atomic E-state index is -0.262. The van der Waals surface area contributed by atoms with Crippen molar-refractivity contribution in [1.82, 2.24) is 5.32 Å². The van der Waals surface area contributed by atoms with E-state index in [0.29, 0.717) is 17.3 Å². The Labute approximate surface area is 125 Å². The van der Waals surface area contributed by atoms with E-state index >= 15 is 0 Å². The third-order valence-electron chi connectivity index (χ3n) is 2.47. The number of urea groups is 1. The summed E-state index contributed by atoms with van der Waals surface area (Å²) in [6.45, 7) is 0.483. The molecule has 2 amide bonds. The largest absolute Gasteiger partial charge is 0.334 e. The van der Waals surface area contributed by atoms with Gasteiger partial charge in [-0.05, 0) is 39.7 Å². The van der Waals surface area contributed by atoms with Gasteiger partial charge in [0, 0.05) is 16.7 Å². The van der Waals surface area contributed by atoms with Crippen LogP contribution in [0.4, 0.5) is 10.5 Å². The zero-order chi connectivity index (χ0) is 13.7. The van der Waals surface area contributed by atoms with Gasteiger partial charge in [-0.2, -0.15) is 0 Å². The van der Waals surface area contributed by atoms with Crippen LogP contribution in [-0.2, 0) is 6.54 Å². The van der Waals surface area contributed by atoms with Gasteiger partial charge in [0.05, 0.1) is 5.02 Å². The van der Waals surface area contributed by atoms with E-state index in [2.05, 4.69) is 26.6 Å². The molecule has 0 saturated heterocycles. The predicted molar refractivity (Wildman–Crippen MR) is 81.5 cm³/mol. The number of anilines is 1. The Morgan fingerprint density at radius 2 is 1.89 bits per heavy atom. The van der Waals surface area contributed by atoms with Gasteiger partial charge in [-0.15, -0.1) is 0 Å². The SMILES string of the molecule is O=C(NCc1ccccc1)Nc1ccc(Br)c(Cl)c1. The number of hydrogen-bond donors (Lipinski definition) is 2. The van der Waals surface area contributed by atoms with E-state index in [9.17, 15) is 4.79 Å². The fourth-order valence-electron chi connectivity index (χ4n) is 1.53. The molecule has 5 heteroatoms. The van der Waals surface area contributed by atoms with E-state index < -0.39 is 0 Å². The standard InChI is InChI=1S/C14H12BrClN2O/c15-12-7-6-11(8-13(12)16)18-14(19)17-9-10-4-2-1-3-5-10/h1-8H,9H2,(H2,17,18,19). The molecule has 0 saturated carbocycles. The van der Waals surface area contributed by atoms with Crippen LogP contribution >= 0.6 is 27.5 Å². The third kappa shape index (κ3) is 4.26. The van der Waals surface area contributed by atoms with E-state index in [1.165, 1.54) is 0 Å². The average Bonchev–Trinajstić information content (AvgIpc) is 2.42. The normalized spacial score (nSPS) is 10.0. The van der Waals surface area contributed by atoms with Crippen LogP contribution in [-0.4, -0.2) is 6.03 Å². The molecule has 2 rings (SSSR count). The first-order valence-electron chi connectivity index (χ1n) is 5.69. The molecule has 0 aliphatic carbocycles. The Kier molecular flexibility index (Phi) is 4.82. The molecule has 0 unspecified atom stereocenters. The third-order valence-corrected chi connectivity index (χ3v) is 3.71. The minimum absolute atomic E-state index is 0.262. The molecule has 98 valence electrons. The number of carbonyl (C=O) groups is 1. The van der Waals surface area contributed by atoms with Crippen molar-refractivity contribution in [2.24, 2.45) is 0 Å². The maximum atomic E-state index is 11.7. The molecule has 2 aromatic rings. The average molecular weight is 340 g/mol. The lowest BCUT2D eigenvalue weighted by Gasteiger charge is -2.08. The van der Waals surface area contributed by atoms with E-state index in [4.69, 9.17) is 11.6 Å². The summed E-state index contributed by atoms with van der Waals surface area (Å²) in [7, 11) is 0. The van der Waals surface area contributed by atoms with Crippen molar-refractivity contribution < 1.29 is 4.79 Å².